The highest BCUT2D eigenvalue weighted by Crippen LogP contribution is 2.32. The quantitative estimate of drug-likeness (QED) is 0.874. The number of nitrogens with one attached hydrogen (secondary N) is 1. The molecule has 2 rings (SSSR count). The normalized spacial score (nSPS) is 22.4. The Morgan fingerprint density at radius 2 is 2.40 bits per heavy atom. The predicted octanol–water partition coefficient (Wildman–Crippen LogP) is 2.53. The van der Waals surface area contributed by atoms with Gasteiger partial charge >= 0.3 is 0 Å². The molecule has 0 aliphatic heterocycles. The Bertz CT molecular complexity index is 449. The fourth-order valence-corrected chi connectivity index (χ4v) is 3.80. The van der Waals surface area contributed by atoms with Gasteiger partial charge in [-0.2, -0.15) is 11.8 Å². The summed E-state index contributed by atoms with van der Waals surface area (Å²) >= 11 is 2.03. The molecule has 1 aliphatic rings. The lowest BCUT2D eigenvalue weighted by Crippen LogP contribution is -2.36. The number of nitrogens with zero attached hydrogens (tertiary/aromatic N) is 2. The van der Waals surface area contributed by atoms with E-state index in [0.29, 0.717) is 24.2 Å². The highest BCUT2D eigenvalue weighted by Gasteiger charge is 2.28. The monoisotopic (exact) mass is 297 g/mol. The van der Waals surface area contributed by atoms with Gasteiger partial charge in [-0.15, -0.1) is 0 Å². The van der Waals surface area contributed by atoms with E-state index in [9.17, 15) is 4.79 Å². The van der Waals surface area contributed by atoms with Crippen LogP contribution in [0.25, 0.3) is 0 Å². The third-order valence-corrected chi connectivity index (χ3v) is 4.90. The smallest absolute Gasteiger partial charge is 0.239 e. The van der Waals surface area contributed by atoms with E-state index in [2.05, 4.69) is 22.3 Å². The molecular weight excluding hydrogens is 274 g/mol. The molecule has 1 saturated carbocycles. The Kier molecular flexibility index (Phi) is 5.48. The lowest BCUT2D eigenvalue weighted by molar-refractivity contribution is -0.117. The van der Waals surface area contributed by atoms with E-state index in [0.717, 1.165) is 5.25 Å². The van der Waals surface area contributed by atoms with Crippen LogP contribution in [0.4, 0.5) is 5.82 Å². The zero-order chi connectivity index (χ0) is 14.5. The molecule has 1 aliphatic carbocycles. The number of amides is 1. The number of thioether (sulfide) groups is 1. The van der Waals surface area contributed by atoms with Crippen LogP contribution < -0.4 is 5.32 Å². The number of carbonyl (C=O) groups is 1. The zero-order valence-corrected chi connectivity index (χ0v) is 13.2. The standard InChI is InChI=1S/C14H23N3O2S/c1-4-20-12-6-5-11(8-12)17(3)9-14(18)15-13-7-10(2)19-16-13/h7,11-12H,4-6,8-9H2,1-3H3,(H,15,16,18)/t11-,12+/m1/s1. The van der Waals surface area contributed by atoms with E-state index in [1.165, 1.54) is 25.0 Å². The van der Waals surface area contributed by atoms with Gasteiger partial charge in [-0.25, -0.2) is 0 Å². The fourth-order valence-electron chi connectivity index (χ4n) is 2.67. The van der Waals surface area contributed by atoms with E-state index in [4.69, 9.17) is 4.52 Å². The van der Waals surface area contributed by atoms with Gasteiger partial charge in [-0.1, -0.05) is 12.1 Å². The summed E-state index contributed by atoms with van der Waals surface area (Å²) in [5.74, 6) is 2.33. The topological polar surface area (TPSA) is 58.4 Å². The molecule has 0 bridgehead atoms. The molecule has 0 aromatic carbocycles. The summed E-state index contributed by atoms with van der Waals surface area (Å²) in [6.45, 7) is 4.41. The van der Waals surface area contributed by atoms with Crippen molar-refractivity contribution in [1.82, 2.24) is 10.1 Å². The van der Waals surface area contributed by atoms with Gasteiger partial charge in [0, 0.05) is 17.4 Å². The summed E-state index contributed by atoms with van der Waals surface area (Å²) in [6, 6.07) is 2.24. The Labute approximate surface area is 124 Å². The summed E-state index contributed by atoms with van der Waals surface area (Å²) in [5.41, 5.74) is 0. The molecule has 112 valence electrons. The Morgan fingerprint density at radius 3 is 3.05 bits per heavy atom. The van der Waals surface area contributed by atoms with E-state index in [-0.39, 0.29) is 5.91 Å². The first-order valence-electron chi connectivity index (χ1n) is 7.13. The number of carbonyl (C=O) groups excluding carboxylic acids is 1. The molecule has 1 amide bonds. The molecule has 1 fully saturated rings. The van der Waals surface area contributed by atoms with Crippen molar-refractivity contribution in [3.8, 4) is 0 Å². The number of aromatic nitrogens is 1. The van der Waals surface area contributed by atoms with Crippen molar-refractivity contribution < 1.29 is 9.32 Å². The second kappa shape index (κ2) is 7.13. The molecule has 1 heterocycles. The van der Waals surface area contributed by atoms with Crippen LogP contribution in [0.2, 0.25) is 0 Å². The van der Waals surface area contributed by atoms with E-state index in [1.807, 2.05) is 18.8 Å². The van der Waals surface area contributed by atoms with Gasteiger partial charge in [0.2, 0.25) is 5.91 Å². The van der Waals surface area contributed by atoms with Crippen LogP contribution in [0, 0.1) is 6.92 Å². The van der Waals surface area contributed by atoms with Crippen LogP contribution in [0.3, 0.4) is 0 Å². The molecule has 0 unspecified atom stereocenters. The SMILES string of the molecule is CCS[C@H]1CC[C@@H](N(C)CC(=O)Nc2cc(C)on2)C1. The van der Waals surface area contributed by atoms with E-state index >= 15 is 0 Å². The summed E-state index contributed by atoms with van der Waals surface area (Å²) in [4.78, 5) is 14.1. The predicted molar refractivity (Wildman–Crippen MR) is 82.1 cm³/mol. The molecule has 0 saturated heterocycles. The van der Waals surface area contributed by atoms with Gasteiger partial charge in [0.1, 0.15) is 5.76 Å². The van der Waals surface area contributed by atoms with Crippen molar-refractivity contribution in [1.29, 1.82) is 0 Å². The maximum atomic E-state index is 12.0. The number of likely N-dealkylation sites (N-methyl/N-ethyl adjacent to an activating group) is 1. The van der Waals surface area contributed by atoms with E-state index < -0.39 is 0 Å². The molecule has 0 spiro atoms. The summed E-state index contributed by atoms with van der Waals surface area (Å²) < 4.78 is 4.93. The third kappa shape index (κ3) is 4.24. The minimum atomic E-state index is -0.0348. The first-order chi connectivity index (χ1) is 9.58. The van der Waals surface area contributed by atoms with Crippen LogP contribution >= 0.6 is 11.8 Å². The number of anilines is 1. The number of aryl methyl sites for hydroxylation is 1. The highest BCUT2D eigenvalue weighted by atomic mass is 32.2. The second-order valence-electron chi connectivity index (χ2n) is 5.33. The first kappa shape index (κ1) is 15.4. The average Bonchev–Trinajstić information content (AvgIpc) is 2.99. The largest absolute Gasteiger partial charge is 0.360 e. The van der Waals surface area contributed by atoms with Gasteiger partial charge in [-0.3, -0.25) is 9.69 Å². The molecule has 1 aromatic rings. The van der Waals surface area contributed by atoms with Gasteiger partial charge in [0.15, 0.2) is 5.82 Å². The van der Waals surface area contributed by atoms with Crippen LogP contribution in [0.15, 0.2) is 10.6 Å². The van der Waals surface area contributed by atoms with Crippen molar-refractivity contribution in [2.24, 2.45) is 0 Å². The van der Waals surface area contributed by atoms with Crippen molar-refractivity contribution in [2.75, 3.05) is 24.7 Å². The summed E-state index contributed by atoms with van der Waals surface area (Å²) in [5, 5.41) is 7.29. The van der Waals surface area contributed by atoms with Crippen molar-refractivity contribution in [3.63, 3.8) is 0 Å². The Hall–Kier alpha value is -1.01. The first-order valence-corrected chi connectivity index (χ1v) is 8.18. The molecule has 1 aromatic heterocycles. The number of rotatable bonds is 6. The van der Waals surface area contributed by atoms with Crippen LogP contribution in [-0.4, -0.2) is 46.6 Å². The minimum absolute atomic E-state index is 0.0348. The fraction of sp³-hybridized carbons (Fsp3) is 0.714. The molecule has 5 nitrogen and oxygen atoms in total. The van der Waals surface area contributed by atoms with Gasteiger partial charge < -0.3 is 9.84 Å². The van der Waals surface area contributed by atoms with Crippen molar-refractivity contribution >= 4 is 23.5 Å². The minimum Gasteiger partial charge on any atom is -0.360 e. The maximum absolute atomic E-state index is 12.0. The maximum Gasteiger partial charge on any atom is 0.239 e. The molecule has 1 N–H and O–H groups in total. The Morgan fingerprint density at radius 1 is 1.60 bits per heavy atom. The van der Waals surface area contributed by atoms with Crippen molar-refractivity contribution in [2.45, 2.75) is 44.4 Å². The highest BCUT2D eigenvalue weighted by molar-refractivity contribution is 7.99. The molecule has 20 heavy (non-hydrogen) atoms. The molecule has 2 atom stereocenters. The lowest BCUT2D eigenvalue weighted by atomic mass is 10.2. The number of hydrogen-bond donors (Lipinski definition) is 1. The van der Waals surface area contributed by atoms with Gasteiger partial charge in [0.05, 0.1) is 6.54 Å². The van der Waals surface area contributed by atoms with Gasteiger partial charge in [0.25, 0.3) is 0 Å². The average molecular weight is 297 g/mol. The third-order valence-electron chi connectivity index (χ3n) is 3.67. The van der Waals surface area contributed by atoms with Crippen molar-refractivity contribution in [3.05, 3.63) is 11.8 Å². The van der Waals surface area contributed by atoms with Gasteiger partial charge in [-0.05, 0) is 39.0 Å². The second-order valence-corrected chi connectivity index (χ2v) is 6.91. The summed E-state index contributed by atoms with van der Waals surface area (Å²) in [7, 11) is 2.03. The molecule has 6 heteroatoms. The van der Waals surface area contributed by atoms with Crippen LogP contribution in [-0.2, 0) is 4.79 Å². The Balaban J connectivity index is 1.76. The van der Waals surface area contributed by atoms with E-state index in [1.54, 1.807) is 13.0 Å². The summed E-state index contributed by atoms with van der Waals surface area (Å²) in [6.07, 6.45) is 3.63. The van der Waals surface area contributed by atoms with Crippen LogP contribution in [0.1, 0.15) is 31.9 Å². The lowest BCUT2D eigenvalue weighted by Gasteiger charge is -2.23. The molecular formula is C14H23N3O2S. The zero-order valence-electron chi connectivity index (χ0n) is 12.4. The number of hydrogen-bond acceptors (Lipinski definition) is 5. The van der Waals surface area contributed by atoms with Crippen LogP contribution in [0.5, 0.6) is 0 Å². The molecule has 0 radical (unpaired) electrons.